The van der Waals surface area contributed by atoms with Crippen LogP contribution in [0.2, 0.25) is 0 Å². The minimum absolute atomic E-state index is 0.338. The smallest absolute Gasteiger partial charge is 0.334 e. The van der Waals surface area contributed by atoms with Crippen molar-refractivity contribution in [2.75, 3.05) is 13.2 Å². The average Bonchev–Trinajstić information content (AvgIpc) is 2.55. The molecule has 1 aliphatic heterocycles. The molecular formula is C19H20O3. The summed E-state index contributed by atoms with van der Waals surface area (Å²) in [5.74, 6) is -0.338. The van der Waals surface area contributed by atoms with E-state index < -0.39 is 5.60 Å². The van der Waals surface area contributed by atoms with E-state index in [9.17, 15) is 4.79 Å². The van der Waals surface area contributed by atoms with Gasteiger partial charge in [0.1, 0.15) is 5.60 Å². The van der Waals surface area contributed by atoms with Crippen molar-refractivity contribution in [2.45, 2.75) is 25.4 Å². The molecule has 1 aliphatic rings. The molecule has 0 spiro atoms. The summed E-state index contributed by atoms with van der Waals surface area (Å²) in [6, 6.07) is 14.3. The summed E-state index contributed by atoms with van der Waals surface area (Å²) in [4.78, 5) is 12.2. The van der Waals surface area contributed by atoms with Crippen molar-refractivity contribution in [1.82, 2.24) is 0 Å². The lowest BCUT2D eigenvalue weighted by atomic mass is 9.83. The van der Waals surface area contributed by atoms with Gasteiger partial charge in [0.2, 0.25) is 0 Å². The van der Waals surface area contributed by atoms with Crippen molar-refractivity contribution in [3.63, 3.8) is 0 Å². The molecule has 2 aromatic rings. The van der Waals surface area contributed by atoms with Gasteiger partial charge in [-0.3, -0.25) is 0 Å². The predicted molar refractivity (Wildman–Crippen MR) is 86.6 cm³/mol. The highest BCUT2D eigenvalue weighted by molar-refractivity contribution is 5.89. The summed E-state index contributed by atoms with van der Waals surface area (Å²) >= 11 is 0. The van der Waals surface area contributed by atoms with E-state index in [1.807, 2.05) is 18.2 Å². The maximum Gasteiger partial charge on any atom is 0.334 e. The van der Waals surface area contributed by atoms with Gasteiger partial charge in [0, 0.05) is 24.0 Å². The molecule has 0 N–H and O–H groups in total. The number of ether oxygens (including phenoxy) is 2. The van der Waals surface area contributed by atoms with Gasteiger partial charge in [-0.1, -0.05) is 49.0 Å². The maximum atomic E-state index is 12.2. The van der Waals surface area contributed by atoms with E-state index in [0.717, 1.165) is 16.3 Å². The molecule has 22 heavy (non-hydrogen) atoms. The molecule has 0 saturated carbocycles. The summed E-state index contributed by atoms with van der Waals surface area (Å²) < 4.78 is 11.4. The van der Waals surface area contributed by atoms with Crippen molar-refractivity contribution in [3.8, 4) is 0 Å². The molecule has 2 aromatic carbocycles. The summed E-state index contributed by atoms with van der Waals surface area (Å²) in [5.41, 5.74) is 0.851. The Morgan fingerprint density at radius 2 is 1.82 bits per heavy atom. The van der Waals surface area contributed by atoms with E-state index in [2.05, 4.69) is 30.8 Å². The predicted octanol–water partition coefficient (Wildman–Crippen LogP) is 3.96. The standard InChI is InChI=1S/C19H20O3/c1-14(2)18(20)22-19(10-12-21-13-11-19)17-9-5-7-15-6-3-4-8-16(15)17/h3-9H,1,10-13H2,2H3. The molecule has 0 bridgehead atoms. The van der Waals surface area contributed by atoms with Crippen LogP contribution in [-0.4, -0.2) is 19.2 Å². The fourth-order valence-corrected chi connectivity index (χ4v) is 3.01. The SMILES string of the molecule is C=C(C)C(=O)OC1(c2cccc3ccccc23)CCOCC1. The van der Waals surface area contributed by atoms with Gasteiger partial charge < -0.3 is 9.47 Å². The number of rotatable bonds is 3. The third-order valence-electron chi connectivity index (χ3n) is 4.22. The summed E-state index contributed by atoms with van der Waals surface area (Å²) in [7, 11) is 0. The molecule has 0 unspecified atom stereocenters. The van der Waals surface area contributed by atoms with Gasteiger partial charge in [-0.25, -0.2) is 4.79 Å². The van der Waals surface area contributed by atoms with Crippen LogP contribution in [0.3, 0.4) is 0 Å². The van der Waals surface area contributed by atoms with Gasteiger partial charge >= 0.3 is 5.97 Å². The van der Waals surface area contributed by atoms with Crippen LogP contribution in [0.1, 0.15) is 25.3 Å². The molecule has 0 aliphatic carbocycles. The maximum absolute atomic E-state index is 12.2. The van der Waals surface area contributed by atoms with Gasteiger partial charge in [0.15, 0.2) is 0 Å². The Morgan fingerprint density at radius 3 is 2.55 bits per heavy atom. The third-order valence-corrected chi connectivity index (χ3v) is 4.22. The Morgan fingerprint density at radius 1 is 1.14 bits per heavy atom. The molecule has 3 nitrogen and oxygen atoms in total. The average molecular weight is 296 g/mol. The highest BCUT2D eigenvalue weighted by Gasteiger charge is 2.39. The fraction of sp³-hybridized carbons (Fsp3) is 0.316. The van der Waals surface area contributed by atoms with Crippen LogP contribution in [0, 0.1) is 0 Å². The molecule has 114 valence electrons. The normalized spacial score (nSPS) is 17.1. The zero-order chi connectivity index (χ0) is 15.6. The minimum atomic E-state index is -0.630. The largest absolute Gasteiger partial charge is 0.451 e. The monoisotopic (exact) mass is 296 g/mol. The number of carbonyl (C=O) groups excluding carboxylic acids is 1. The van der Waals surface area contributed by atoms with Crippen molar-refractivity contribution in [2.24, 2.45) is 0 Å². The van der Waals surface area contributed by atoms with Crippen molar-refractivity contribution < 1.29 is 14.3 Å². The molecule has 0 aromatic heterocycles. The quantitative estimate of drug-likeness (QED) is 0.635. The summed E-state index contributed by atoms with van der Waals surface area (Å²) in [6.45, 7) is 6.56. The van der Waals surface area contributed by atoms with Gasteiger partial charge in [-0.2, -0.15) is 0 Å². The molecule has 0 atom stereocenters. The summed E-state index contributed by atoms with van der Waals surface area (Å²) in [5, 5.41) is 2.28. The molecule has 0 amide bonds. The Labute approximate surface area is 130 Å². The lowest BCUT2D eigenvalue weighted by Crippen LogP contribution is -2.38. The first kappa shape index (κ1) is 14.8. The molecule has 3 heteroatoms. The van der Waals surface area contributed by atoms with Gasteiger partial charge in [0.25, 0.3) is 0 Å². The Bertz CT molecular complexity index is 706. The molecule has 3 rings (SSSR count). The number of hydrogen-bond acceptors (Lipinski definition) is 3. The first-order valence-electron chi connectivity index (χ1n) is 7.57. The minimum Gasteiger partial charge on any atom is -0.451 e. The molecule has 1 heterocycles. The Balaban J connectivity index is 2.12. The lowest BCUT2D eigenvalue weighted by Gasteiger charge is -2.38. The second-order valence-electron chi connectivity index (χ2n) is 5.80. The highest BCUT2D eigenvalue weighted by Crippen LogP contribution is 2.40. The van der Waals surface area contributed by atoms with Gasteiger partial charge in [-0.15, -0.1) is 0 Å². The van der Waals surface area contributed by atoms with E-state index >= 15 is 0 Å². The van der Waals surface area contributed by atoms with Crippen LogP contribution in [0.15, 0.2) is 54.6 Å². The second-order valence-corrected chi connectivity index (χ2v) is 5.80. The number of benzene rings is 2. The van der Waals surface area contributed by atoms with E-state index in [1.165, 1.54) is 0 Å². The van der Waals surface area contributed by atoms with Crippen LogP contribution in [-0.2, 0) is 19.9 Å². The zero-order valence-electron chi connectivity index (χ0n) is 12.8. The number of fused-ring (bicyclic) bond motifs is 1. The fourth-order valence-electron chi connectivity index (χ4n) is 3.01. The van der Waals surface area contributed by atoms with E-state index in [0.29, 0.717) is 31.6 Å². The van der Waals surface area contributed by atoms with E-state index in [-0.39, 0.29) is 5.97 Å². The van der Waals surface area contributed by atoms with E-state index in [1.54, 1.807) is 6.92 Å². The van der Waals surface area contributed by atoms with Crippen LogP contribution >= 0.6 is 0 Å². The first-order chi connectivity index (χ1) is 10.6. The highest BCUT2D eigenvalue weighted by atomic mass is 16.6. The molecule has 1 fully saturated rings. The first-order valence-corrected chi connectivity index (χ1v) is 7.57. The number of esters is 1. The van der Waals surface area contributed by atoms with Gasteiger partial charge in [-0.05, 0) is 17.7 Å². The van der Waals surface area contributed by atoms with Crippen LogP contribution in [0.5, 0.6) is 0 Å². The van der Waals surface area contributed by atoms with E-state index in [4.69, 9.17) is 9.47 Å². The van der Waals surface area contributed by atoms with Crippen molar-refractivity contribution in [1.29, 1.82) is 0 Å². The van der Waals surface area contributed by atoms with Gasteiger partial charge in [0.05, 0.1) is 13.2 Å². The second kappa shape index (κ2) is 5.93. The number of hydrogen-bond donors (Lipinski definition) is 0. The van der Waals surface area contributed by atoms with Crippen LogP contribution in [0.25, 0.3) is 10.8 Å². The van der Waals surface area contributed by atoms with Crippen molar-refractivity contribution in [3.05, 3.63) is 60.2 Å². The Hall–Kier alpha value is -2.13. The molecule has 1 saturated heterocycles. The molecule has 0 radical (unpaired) electrons. The zero-order valence-corrected chi connectivity index (χ0v) is 12.8. The van der Waals surface area contributed by atoms with Crippen molar-refractivity contribution >= 4 is 16.7 Å². The number of carbonyl (C=O) groups is 1. The Kier molecular flexibility index (Phi) is 3.99. The summed E-state index contributed by atoms with van der Waals surface area (Å²) in [6.07, 6.45) is 1.33. The third kappa shape index (κ3) is 2.64. The van der Waals surface area contributed by atoms with Crippen LogP contribution in [0.4, 0.5) is 0 Å². The molecular weight excluding hydrogens is 276 g/mol. The topological polar surface area (TPSA) is 35.5 Å². The lowest BCUT2D eigenvalue weighted by molar-refractivity contribution is -0.166. The van der Waals surface area contributed by atoms with Crippen LogP contribution < -0.4 is 0 Å².